The number of aromatic nitrogens is 2. The highest BCUT2D eigenvalue weighted by Crippen LogP contribution is 2.22. The van der Waals surface area contributed by atoms with Crippen molar-refractivity contribution >= 4 is 17.9 Å². The summed E-state index contributed by atoms with van der Waals surface area (Å²) in [6.45, 7) is 3.10. The Morgan fingerprint density at radius 2 is 1.60 bits per heavy atom. The van der Waals surface area contributed by atoms with Crippen molar-refractivity contribution in [2.75, 3.05) is 26.2 Å². The molecule has 0 N–H and O–H groups in total. The first-order valence-electron chi connectivity index (χ1n) is 11.1. The van der Waals surface area contributed by atoms with Gasteiger partial charge in [-0.3, -0.25) is 9.59 Å². The van der Waals surface area contributed by atoms with E-state index in [4.69, 9.17) is 0 Å². The molecule has 30 heavy (non-hydrogen) atoms. The highest BCUT2D eigenvalue weighted by Gasteiger charge is 2.29. The molecule has 1 aromatic heterocycles. The molecule has 1 aromatic carbocycles. The quantitative estimate of drug-likeness (QED) is 0.730. The molecule has 6 heteroatoms. The number of likely N-dealkylation sites (tertiary alicyclic amines) is 2. The van der Waals surface area contributed by atoms with Crippen molar-refractivity contribution < 1.29 is 9.59 Å². The zero-order chi connectivity index (χ0) is 20.8. The first-order chi connectivity index (χ1) is 14.7. The number of hydrogen-bond acceptors (Lipinski definition) is 3. The summed E-state index contributed by atoms with van der Waals surface area (Å²) in [5.41, 5.74) is 1.87. The van der Waals surface area contributed by atoms with E-state index < -0.39 is 0 Å². The predicted octanol–water partition coefficient (Wildman–Crippen LogP) is 3.53. The van der Waals surface area contributed by atoms with Crippen LogP contribution in [-0.4, -0.2) is 57.6 Å². The van der Waals surface area contributed by atoms with Gasteiger partial charge in [0.15, 0.2) is 0 Å². The van der Waals surface area contributed by atoms with Crippen LogP contribution in [0, 0.1) is 5.92 Å². The highest BCUT2D eigenvalue weighted by molar-refractivity contribution is 5.92. The number of amides is 2. The summed E-state index contributed by atoms with van der Waals surface area (Å²) in [6, 6.07) is 9.89. The number of carbonyl (C=O) groups excluding carboxylic acids is 2. The Balaban J connectivity index is 1.28. The second kappa shape index (κ2) is 9.74. The molecule has 3 heterocycles. The van der Waals surface area contributed by atoms with Gasteiger partial charge in [0.1, 0.15) is 0 Å². The number of rotatable bonds is 4. The Morgan fingerprint density at radius 1 is 0.900 bits per heavy atom. The lowest BCUT2D eigenvalue weighted by atomic mass is 9.95. The molecule has 2 aliphatic heterocycles. The van der Waals surface area contributed by atoms with E-state index >= 15 is 0 Å². The minimum absolute atomic E-state index is 0.00290. The third-order valence-electron chi connectivity index (χ3n) is 6.12. The Labute approximate surface area is 178 Å². The number of para-hydroxylation sites is 1. The largest absolute Gasteiger partial charge is 0.342 e. The van der Waals surface area contributed by atoms with Crippen LogP contribution in [0.15, 0.2) is 48.8 Å². The van der Waals surface area contributed by atoms with Crippen molar-refractivity contribution in [3.05, 3.63) is 54.4 Å². The first kappa shape index (κ1) is 20.4. The maximum Gasteiger partial charge on any atom is 0.246 e. The zero-order valence-electron chi connectivity index (χ0n) is 17.4. The SMILES string of the molecule is O=C(C=Cc1cnn(-c2ccccc2)c1)N1CCC(C(=O)N2CCCCCC2)CC1. The second-order valence-corrected chi connectivity index (χ2v) is 8.23. The summed E-state index contributed by atoms with van der Waals surface area (Å²) >= 11 is 0. The van der Waals surface area contributed by atoms with Gasteiger partial charge in [0.2, 0.25) is 11.8 Å². The summed E-state index contributed by atoms with van der Waals surface area (Å²) in [6.07, 6.45) is 13.3. The maximum atomic E-state index is 12.8. The first-order valence-corrected chi connectivity index (χ1v) is 11.1. The molecule has 0 bridgehead atoms. The molecule has 2 saturated heterocycles. The average molecular weight is 407 g/mol. The monoisotopic (exact) mass is 406 g/mol. The van der Waals surface area contributed by atoms with Crippen LogP contribution < -0.4 is 0 Å². The Kier molecular flexibility index (Phi) is 6.62. The van der Waals surface area contributed by atoms with Crippen molar-refractivity contribution in [3.63, 3.8) is 0 Å². The van der Waals surface area contributed by atoms with Gasteiger partial charge in [0.05, 0.1) is 11.9 Å². The van der Waals surface area contributed by atoms with Gasteiger partial charge in [-0.2, -0.15) is 5.10 Å². The molecule has 158 valence electrons. The topological polar surface area (TPSA) is 58.4 Å². The number of benzene rings is 1. The van der Waals surface area contributed by atoms with Gasteiger partial charge in [-0.1, -0.05) is 31.0 Å². The fraction of sp³-hybridized carbons (Fsp3) is 0.458. The van der Waals surface area contributed by atoms with Gasteiger partial charge >= 0.3 is 0 Å². The Bertz CT molecular complexity index is 874. The molecule has 0 radical (unpaired) electrons. The van der Waals surface area contributed by atoms with Crippen molar-refractivity contribution in [2.24, 2.45) is 5.92 Å². The van der Waals surface area contributed by atoms with E-state index in [1.165, 1.54) is 12.8 Å². The molecule has 0 spiro atoms. The molecular weight excluding hydrogens is 376 g/mol. The van der Waals surface area contributed by atoms with E-state index in [1.807, 2.05) is 47.5 Å². The normalized spacial score (nSPS) is 18.5. The number of hydrogen-bond donors (Lipinski definition) is 0. The van der Waals surface area contributed by atoms with Gasteiger partial charge in [-0.05, 0) is 43.9 Å². The average Bonchev–Trinajstić information content (AvgIpc) is 3.11. The van der Waals surface area contributed by atoms with Crippen LogP contribution in [0.5, 0.6) is 0 Å². The van der Waals surface area contributed by atoms with E-state index in [0.717, 1.165) is 50.0 Å². The molecule has 0 unspecified atom stereocenters. The standard InChI is InChI=1S/C24H30N4O2/c29-23(11-10-20-18-25-28(19-20)22-8-4-3-5-9-22)26-16-12-21(13-17-26)24(30)27-14-6-1-2-7-15-27/h3-5,8-11,18-19,21H,1-2,6-7,12-17H2. The molecule has 0 saturated carbocycles. The summed E-state index contributed by atoms with van der Waals surface area (Å²) in [5.74, 6) is 0.372. The maximum absolute atomic E-state index is 12.8. The van der Waals surface area contributed by atoms with E-state index in [0.29, 0.717) is 19.0 Å². The minimum Gasteiger partial charge on any atom is -0.342 e. The lowest BCUT2D eigenvalue weighted by Crippen LogP contribution is -2.44. The van der Waals surface area contributed by atoms with Gasteiger partial charge in [-0.25, -0.2) is 4.68 Å². The molecule has 2 aromatic rings. The fourth-order valence-electron chi connectivity index (χ4n) is 4.31. The lowest BCUT2D eigenvalue weighted by molar-refractivity contribution is -0.139. The molecule has 6 nitrogen and oxygen atoms in total. The number of carbonyl (C=O) groups is 2. The van der Waals surface area contributed by atoms with Crippen LogP contribution in [0.3, 0.4) is 0 Å². The molecule has 4 rings (SSSR count). The third-order valence-corrected chi connectivity index (χ3v) is 6.12. The van der Waals surface area contributed by atoms with Crippen molar-refractivity contribution in [1.29, 1.82) is 0 Å². The number of nitrogens with zero attached hydrogens (tertiary/aromatic N) is 4. The third kappa shape index (κ3) is 4.99. The van der Waals surface area contributed by atoms with Crippen LogP contribution in [0.4, 0.5) is 0 Å². The van der Waals surface area contributed by atoms with E-state index in [9.17, 15) is 9.59 Å². The van der Waals surface area contributed by atoms with Gasteiger partial charge < -0.3 is 9.80 Å². The van der Waals surface area contributed by atoms with Crippen LogP contribution in [0.1, 0.15) is 44.1 Å². The summed E-state index contributed by atoms with van der Waals surface area (Å²) < 4.78 is 1.80. The Hall–Kier alpha value is -2.89. The van der Waals surface area contributed by atoms with E-state index in [-0.39, 0.29) is 11.8 Å². The number of piperidine rings is 1. The van der Waals surface area contributed by atoms with Gasteiger partial charge in [0.25, 0.3) is 0 Å². The summed E-state index contributed by atoms with van der Waals surface area (Å²) in [5, 5.41) is 4.36. The van der Waals surface area contributed by atoms with Crippen LogP contribution in [0.2, 0.25) is 0 Å². The van der Waals surface area contributed by atoms with Crippen LogP contribution in [-0.2, 0) is 9.59 Å². The second-order valence-electron chi connectivity index (χ2n) is 8.23. The summed E-state index contributed by atoms with van der Waals surface area (Å²) in [4.78, 5) is 29.3. The van der Waals surface area contributed by atoms with Crippen molar-refractivity contribution in [1.82, 2.24) is 19.6 Å². The predicted molar refractivity (Wildman–Crippen MR) is 117 cm³/mol. The molecule has 2 aliphatic rings. The van der Waals surface area contributed by atoms with E-state index in [2.05, 4.69) is 10.00 Å². The lowest BCUT2D eigenvalue weighted by Gasteiger charge is -2.33. The highest BCUT2D eigenvalue weighted by atomic mass is 16.2. The molecule has 0 aliphatic carbocycles. The molecule has 0 atom stereocenters. The van der Waals surface area contributed by atoms with Gasteiger partial charge in [-0.15, -0.1) is 0 Å². The van der Waals surface area contributed by atoms with Crippen molar-refractivity contribution in [2.45, 2.75) is 38.5 Å². The fourth-order valence-corrected chi connectivity index (χ4v) is 4.31. The zero-order valence-corrected chi connectivity index (χ0v) is 17.4. The van der Waals surface area contributed by atoms with Crippen LogP contribution >= 0.6 is 0 Å². The minimum atomic E-state index is 0.00290. The van der Waals surface area contributed by atoms with Crippen LogP contribution in [0.25, 0.3) is 11.8 Å². The molecular formula is C24H30N4O2. The molecule has 2 amide bonds. The van der Waals surface area contributed by atoms with Crippen molar-refractivity contribution in [3.8, 4) is 5.69 Å². The smallest absolute Gasteiger partial charge is 0.246 e. The molecule has 2 fully saturated rings. The Morgan fingerprint density at radius 3 is 2.30 bits per heavy atom. The summed E-state index contributed by atoms with van der Waals surface area (Å²) in [7, 11) is 0. The van der Waals surface area contributed by atoms with E-state index in [1.54, 1.807) is 17.0 Å². The van der Waals surface area contributed by atoms with Gasteiger partial charge in [0, 0.05) is 49.9 Å².